The van der Waals surface area contributed by atoms with Gasteiger partial charge in [0.15, 0.2) is 11.5 Å². The lowest BCUT2D eigenvalue weighted by Gasteiger charge is -2.28. The zero-order valence-electron chi connectivity index (χ0n) is 19.0. The Bertz CT molecular complexity index is 1130. The highest BCUT2D eigenvalue weighted by molar-refractivity contribution is 6.01. The quantitative estimate of drug-likeness (QED) is 0.642. The van der Waals surface area contributed by atoms with Crippen LogP contribution in [0, 0.1) is 0 Å². The third kappa shape index (κ3) is 4.13. The summed E-state index contributed by atoms with van der Waals surface area (Å²) < 4.78 is 27.4. The lowest BCUT2D eigenvalue weighted by molar-refractivity contribution is -0.116. The van der Waals surface area contributed by atoms with Gasteiger partial charge in [-0.2, -0.15) is 0 Å². The average Bonchev–Trinajstić information content (AvgIpc) is 3.32. The third-order valence-corrected chi connectivity index (χ3v) is 5.74. The van der Waals surface area contributed by atoms with E-state index in [9.17, 15) is 9.59 Å². The molecule has 4 rings (SSSR count). The molecule has 9 heteroatoms. The van der Waals surface area contributed by atoms with Gasteiger partial charge in [0.25, 0.3) is 5.91 Å². The van der Waals surface area contributed by atoms with Crippen LogP contribution >= 0.6 is 0 Å². The number of hydrogen-bond donors (Lipinski definition) is 1. The van der Waals surface area contributed by atoms with Gasteiger partial charge in [-0.1, -0.05) is 0 Å². The molecular formula is C24H26N2O7. The highest BCUT2D eigenvalue weighted by atomic mass is 16.7. The molecule has 0 fully saturated rings. The number of fused-ring (bicyclic) bond motifs is 2. The molecule has 174 valence electrons. The second-order valence-electron chi connectivity index (χ2n) is 7.57. The number of hydrogen-bond acceptors (Lipinski definition) is 7. The Labute approximate surface area is 191 Å². The Balaban J connectivity index is 1.58. The zero-order valence-corrected chi connectivity index (χ0v) is 19.0. The molecule has 0 aromatic heterocycles. The highest BCUT2D eigenvalue weighted by Crippen LogP contribution is 2.49. The summed E-state index contributed by atoms with van der Waals surface area (Å²) in [7, 11) is 6.38. The Kier molecular flexibility index (Phi) is 6.30. The minimum atomic E-state index is -0.302. The van der Waals surface area contributed by atoms with Crippen molar-refractivity contribution in [3.05, 3.63) is 46.5 Å². The standard InChI is InChI=1S/C24H26N2O7/c1-26-10-9-16-17(21-23(33-13-32-21)22(31-4)20(16)24(26)28)12-25-19(27)8-6-14-5-7-15(29-2)11-18(14)30-3/h5-8,11H,9-10,12-13H2,1-4H3,(H,25,27). The summed E-state index contributed by atoms with van der Waals surface area (Å²) in [6.45, 7) is 0.765. The van der Waals surface area contributed by atoms with Crippen molar-refractivity contribution in [3.63, 3.8) is 0 Å². The number of amides is 2. The van der Waals surface area contributed by atoms with E-state index in [0.717, 1.165) is 16.7 Å². The van der Waals surface area contributed by atoms with Crippen LogP contribution in [0.1, 0.15) is 27.0 Å². The number of carbonyl (C=O) groups excluding carboxylic acids is 2. The number of methoxy groups -OCH3 is 3. The lowest BCUT2D eigenvalue weighted by atomic mass is 9.91. The summed E-state index contributed by atoms with van der Waals surface area (Å²) in [6, 6.07) is 5.34. The summed E-state index contributed by atoms with van der Waals surface area (Å²) in [5.74, 6) is 2.07. The van der Waals surface area contributed by atoms with E-state index in [2.05, 4.69) is 5.32 Å². The summed E-state index contributed by atoms with van der Waals surface area (Å²) in [6.07, 6.45) is 3.71. The maximum atomic E-state index is 12.9. The van der Waals surface area contributed by atoms with Gasteiger partial charge in [0.1, 0.15) is 11.5 Å². The molecule has 0 radical (unpaired) electrons. The first kappa shape index (κ1) is 22.3. The van der Waals surface area contributed by atoms with E-state index < -0.39 is 0 Å². The van der Waals surface area contributed by atoms with Crippen LogP contribution in [-0.2, 0) is 17.8 Å². The second kappa shape index (κ2) is 9.32. The van der Waals surface area contributed by atoms with Crippen LogP contribution in [0.5, 0.6) is 28.7 Å². The summed E-state index contributed by atoms with van der Waals surface area (Å²) >= 11 is 0. The SMILES string of the molecule is COc1ccc(C=CC(=O)NCc2c3c(c(OC)c4c2OCO4)C(=O)N(C)CC3)c(OC)c1. The van der Waals surface area contributed by atoms with Gasteiger partial charge in [-0.3, -0.25) is 9.59 Å². The molecule has 1 N–H and O–H groups in total. The van der Waals surface area contributed by atoms with Crippen molar-refractivity contribution >= 4 is 17.9 Å². The van der Waals surface area contributed by atoms with E-state index in [-0.39, 0.29) is 25.2 Å². The minimum absolute atomic E-state index is 0.0245. The zero-order chi connectivity index (χ0) is 23.5. The topological polar surface area (TPSA) is 95.6 Å². The van der Waals surface area contributed by atoms with Crippen molar-refractivity contribution in [2.24, 2.45) is 0 Å². The fourth-order valence-electron chi connectivity index (χ4n) is 4.02. The van der Waals surface area contributed by atoms with Gasteiger partial charge in [-0.05, 0) is 30.2 Å². The van der Waals surface area contributed by atoms with Gasteiger partial charge in [0.05, 0.1) is 26.9 Å². The molecule has 2 aromatic carbocycles. The molecule has 0 unspecified atom stereocenters. The fraction of sp³-hybridized carbons (Fsp3) is 0.333. The van der Waals surface area contributed by atoms with E-state index in [1.54, 1.807) is 44.4 Å². The monoisotopic (exact) mass is 454 g/mol. The first-order chi connectivity index (χ1) is 16.0. The second-order valence-corrected chi connectivity index (χ2v) is 7.57. The smallest absolute Gasteiger partial charge is 0.257 e. The van der Waals surface area contributed by atoms with Crippen LogP contribution < -0.4 is 29.0 Å². The van der Waals surface area contributed by atoms with Gasteiger partial charge < -0.3 is 33.9 Å². The van der Waals surface area contributed by atoms with E-state index >= 15 is 0 Å². The molecule has 2 aliphatic heterocycles. The number of rotatable bonds is 7. The molecule has 2 aromatic rings. The molecule has 2 heterocycles. The molecule has 2 aliphatic rings. The van der Waals surface area contributed by atoms with E-state index in [0.29, 0.717) is 47.3 Å². The maximum absolute atomic E-state index is 12.9. The molecule has 0 bridgehead atoms. The molecule has 9 nitrogen and oxygen atoms in total. The van der Waals surface area contributed by atoms with Crippen LogP contribution in [0.3, 0.4) is 0 Å². The van der Waals surface area contributed by atoms with Crippen LogP contribution in [0.25, 0.3) is 6.08 Å². The minimum Gasteiger partial charge on any atom is -0.497 e. The Morgan fingerprint density at radius 2 is 1.94 bits per heavy atom. The molecule has 0 spiro atoms. The molecule has 2 amide bonds. The maximum Gasteiger partial charge on any atom is 0.257 e. The molecular weight excluding hydrogens is 428 g/mol. The first-order valence-electron chi connectivity index (χ1n) is 10.4. The molecule has 33 heavy (non-hydrogen) atoms. The van der Waals surface area contributed by atoms with Crippen LogP contribution in [0.2, 0.25) is 0 Å². The van der Waals surface area contributed by atoms with Crippen molar-refractivity contribution in [2.45, 2.75) is 13.0 Å². The third-order valence-electron chi connectivity index (χ3n) is 5.74. The first-order valence-corrected chi connectivity index (χ1v) is 10.4. The predicted octanol–water partition coefficient (Wildman–Crippen LogP) is 2.40. The van der Waals surface area contributed by atoms with Gasteiger partial charge in [-0.25, -0.2) is 0 Å². The van der Waals surface area contributed by atoms with E-state index in [1.165, 1.54) is 13.2 Å². The number of benzene rings is 2. The number of ether oxygens (including phenoxy) is 5. The average molecular weight is 454 g/mol. The van der Waals surface area contributed by atoms with Gasteiger partial charge in [-0.15, -0.1) is 0 Å². The molecule has 0 saturated heterocycles. The van der Waals surface area contributed by atoms with Crippen molar-refractivity contribution in [3.8, 4) is 28.7 Å². The Morgan fingerprint density at radius 3 is 2.67 bits per heavy atom. The number of nitrogens with one attached hydrogen (secondary N) is 1. The normalized spacial score (nSPS) is 14.3. The van der Waals surface area contributed by atoms with E-state index in [1.807, 2.05) is 6.07 Å². The van der Waals surface area contributed by atoms with Gasteiger partial charge in [0.2, 0.25) is 18.4 Å². The van der Waals surface area contributed by atoms with Gasteiger partial charge in [0, 0.05) is 43.4 Å². The Hall–Kier alpha value is -3.88. The summed E-state index contributed by atoms with van der Waals surface area (Å²) in [5.41, 5.74) is 2.73. The van der Waals surface area contributed by atoms with E-state index in [4.69, 9.17) is 23.7 Å². The molecule has 0 atom stereocenters. The number of likely N-dealkylation sites (N-methyl/N-ethyl adjacent to an activating group) is 1. The van der Waals surface area contributed by atoms with Crippen molar-refractivity contribution in [1.82, 2.24) is 10.2 Å². The molecule has 0 saturated carbocycles. The molecule has 0 aliphatic carbocycles. The van der Waals surface area contributed by atoms with Crippen molar-refractivity contribution < 1.29 is 33.3 Å². The summed E-state index contributed by atoms with van der Waals surface area (Å²) in [5, 5.41) is 2.88. The number of nitrogens with zero attached hydrogens (tertiary/aromatic N) is 1. The van der Waals surface area contributed by atoms with Crippen LogP contribution in [0.15, 0.2) is 24.3 Å². The largest absolute Gasteiger partial charge is 0.497 e. The fourth-order valence-corrected chi connectivity index (χ4v) is 4.02. The Morgan fingerprint density at radius 1 is 1.15 bits per heavy atom. The number of carbonyl (C=O) groups is 2. The van der Waals surface area contributed by atoms with Gasteiger partial charge >= 0.3 is 0 Å². The van der Waals surface area contributed by atoms with Crippen LogP contribution in [0.4, 0.5) is 0 Å². The van der Waals surface area contributed by atoms with Crippen LogP contribution in [-0.4, -0.2) is 58.4 Å². The van der Waals surface area contributed by atoms with Crippen molar-refractivity contribution in [2.75, 3.05) is 41.7 Å². The predicted molar refractivity (Wildman–Crippen MR) is 120 cm³/mol. The summed E-state index contributed by atoms with van der Waals surface area (Å²) in [4.78, 5) is 27.1. The van der Waals surface area contributed by atoms with Crippen molar-refractivity contribution in [1.29, 1.82) is 0 Å². The lowest BCUT2D eigenvalue weighted by Crippen LogP contribution is -2.35. The highest BCUT2D eigenvalue weighted by Gasteiger charge is 2.36.